The summed E-state index contributed by atoms with van der Waals surface area (Å²) in [4.78, 5) is 2.55. The Morgan fingerprint density at radius 2 is 2.33 bits per heavy atom. The van der Waals surface area contributed by atoms with E-state index < -0.39 is 0 Å². The molecule has 2 fully saturated rings. The third kappa shape index (κ3) is 0.970. The molecule has 2 heterocycles. The van der Waals surface area contributed by atoms with Gasteiger partial charge in [0.25, 0.3) is 0 Å². The summed E-state index contributed by atoms with van der Waals surface area (Å²) in [5, 5.41) is 3.28. The SMILES string of the molecule is [CH]1CCN(C2CNC2)C1. The summed E-state index contributed by atoms with van der Waals surface area (Å²) in [7, 11) is 0. The normalized spacial score (nSPS) is 30.7. The van der Waals surface area contributed by atoms with Crippen LogP contribution < -0.4 is 5.32 Å². The molecule has 2 aliphatic heterocycles. The molecular weight excluding hydrogens is 112 g/mol. The second-order valence-corrected chi connectivity index (χ2v) is 2.88. The molecule has 0 aromatic rings. The van der Waals surface area contributed by atoms with Crippen molar-refractivity contribution < 1.29 is 0 Å². The third-order valence-electron chi connectivity index (χ3n) is 2.26. The summed E-state index contributed by atoms with van der Waals surface area (Å²) < 4.78 is 0. The average molecular weight is 125 g/mol. The Morgan fingerprint density at radius 1 is 1.44 bits per heavy atom. The van der Waals surface area contributed by atoms with Gasteiger partial charge in [-0.2, -0.15) is 0 Å². The molecule has 9 heavy (non-hydrogen) atoms. The van der Waals surface area contributed by atoms with Crippen molar-refractivity contribution in [1.29, 1.82) is 0 Å². The fraction of sp³-hybridized carbons (Fsp3) is 0.857. The lowest BCUT2D eigenvalue weighted by atomic mass is 10.1. The van der Waals surface area contributed by atoms with Crippen LogP contribution in [0.5, 0.6) is 0 Å². The Bertz CT molecular complexity index is 93.1. The zero-order valence-electron chi connectivity index (χ0n) is 5.64. The lowest BCUT2D eigenvalue weighted by Crippen LogP contribution is -2.56. The summed E-state index contributed by atoms with van der Waals surface area (Å²) in [5.74, 6) is 0. The minimum atomic E-state index is 0.865. The van der Waals surface area contributed by atoms with E-state index >= 15 is 0 Å². The van der Waals surface area contributed by atoms with Gasteiger partial charge in [-0.05, 0) is 19.4 Å². The van der Waals surface area contributed by atoms with Gasteiger partial charge in [0.1, 0.15) is 0 Å². The molecule has 2 rings (SSSR count). The van der Waals surface area contributed by atoms with Crippen molar-refractivity contribution in [3.63, 3.8) is 0 Å². The first-order chi connectivity index (χ1) is 4.47. The van der Waals surface area contributed by atoms with Crippen LogP contribution in [0.25, 0.3) is 0 Å². The molecule has 51 valence electrons. The van der Waals surface area contributed by atoms with Gasteiger partial charge >= 0.3 is 0 Å². The van der Waals surface area contributed by atoms with Gasteiger partial charge in [0.2, 0.25) is 0 Å². The molecule has 0 saturated carbocycles. The maximum absolute atomic E-state index is 3.28. The highest BCUT2D eigenvalue weighted by Gasteiger charge is 2.26. The van der Waals surface area contributed by atoms with Crippen LogP contribution in [0.1, 0.15) is 6.42 Å². The first kappa shape index (κ1) is 5.69. The molecule has 1 N–H and O–H groups in total. The van der Waals surface area contributed by atoms with Crippen LogP contribution in [0.15, 0.2) is 0 Å². The fourth-order valence-corrected chi connectivity index (χ4v) is 1.47. The minimum absolute atomic E-state index is 0.865. The average Bonchev–Trinajstić information content (AvgIpc) is 2.11. The van der Waals surface area contributed by atoms with E-state index in [0.29, 0.717) is 0 Å². The van der Waals surface area contributed by atoms with Crippen LogP contribution in [0.4, 0.5) is 0 Å². The quantitative estimate of drug-likeness (QED) is 0.525. The Labute approximate surface area is 56.2 Å². The van der Waals surface area contributed by atoms with Crippen molar-refractivity contribution in [2.45, 2.75) is 12.5 Å². The van der Waals surface area contributed by atoms with Crippen molar-refractivity contribution in [3.05, 3.63) is 6.42 Å². The topological polar surface area (TPSA) is 15.3 Å². The van der Waals surface area contributed by atoms with Crippen LogP contribution >= 0.6 is 0 Å². The molecule has 0 aliphatic carbocycles. The summed E-state index contributed by atoms with van der Waals surface area (Å²) in [6, 6.07) is 0.865. The van der Waals surface area contributed by atoms with Crippen molar-refractivity contribution in [2.75, 3.05) is 26.2 Å². The van der Waals surface area contributed by atoms with Gasteiger partial charge in [-0.25, -0.2) is 0 Å². The molecule has 2 aliphatic rings. The molecule has 1 radical (unpaired) electrons. The number of rotatable bonds is 1. The highest BCUT2D eigenvalue weighted by atomic mass is 15.2. The van der Waals surface area contributed by atoms with Gasteiger partial charge in [-0.1, -0.05) is 0 Å². The standard InChI is InChI=1S/C7H13N2/c1-2-4-9(3-1)7-5-8-6-7/h1,7-8H,2-6H2. The van der Waals surface area contributed by atoms with E-state index in [2.05, 4.69) is 16.6 Å². The van der Waals surface area contributed by atoms with Crippen LogP contribution in [0.2, 0.25) is 0 Å². The summed E-state index contributed by atoms with van der Waals surface area (Å²) in [5.41, 5.74) is 0. The Hall–Kier alpha value is -0.0800. The zero-order chi connectivity index (χ0) is 6.10. The van der Waals surface area contributed by atoms with Gasteiger partial charge in [-0.15, -0.1) is 0 Å². The predicted molar refractivity (Wildman–Crippen MR) is 37.1 cm³/mol. The Kier molecular flexibility index (Phi) is 1.44. The minimum Gasteiger partial charge on any atom is -0.314 e. The molecule has 0 aromatic carbocycles. The molecular formula is C7H13N2. The maximum atomic E-state index is 3.28. The largest absolute Gasteiger partial charge is 0.314 e. The van der Waals surface area contributed by atoms with Gasteiger partial charge in [0.05, 0.1) is 0 Å². The molecule has 0 atom stereocenters. The van der Waals surface area contributed by atoms with E-state index in [1.807, 2.05) is 0 Å². The maximum Gasteiger partial charge on any atom is 0.0345 e. The second kappa shape index (κ2) is 2.27. The second-order valence-electron chi connectivity index (χ2n) is 2.88. The van der Waals surface area contributed by atoms with Crippen molar-refractivity contribution in [1.82, 2.24) is 10.2 Å². The predicted octanol–water partition coefficient (Wildman–Crippen LogP) is -0.132. The molecule has 0 spiro atoms. The van der Waals surface area contributed by atoms with Crippen molar-refractivity contribution >= 4 is 0 Å². The summed E-state index contributed by atoms with van der Waals surface area (Å²) in [6.07, 6.45) is 3.68. The van der Waals surface area contributed by atoms with Crippen LogP contribution in [-0.4, -0.2) is 37.1 Å². The molecule has 0 unspecified atom stereocenters. The van der Waals surface area contributed by atoms with Gasteiger partial charge in [0, 0.05) is 25.7 Å². The lowest BCUT2D eigenvalue weighted by Gasteiger charge is -2.35. The van der Waals surface area contributed by atoms with Crippen LogP contribution in [-0.2, 0) is 0 Å². The molecule has 0 aromatic heterocycles. The zero-order valence-corrected chi connectivity index (χ0v) is 5.64. The van der Waals surface area contributed by atoms with E-state index in [1.165, 1.54) is 32.6 Å². The first-order valence-electron chi connectivity index (χ1n) is 3.73. The number of nitrogens with zero attached hydrogens (tertiary/aromatic N) is 1. The number of likely N-dealkylation sites (tertiary alicyclic amines) is 1. The lowest BCUT2D eigenvalue weighted by molar-refractivity contribution is 0.183. The van der Waals surface area contributed by atoms with Crippen LogP contribution in [0, 0.1) is 6.42 Å². The Balaban J connectivity index is 1.82. The molecule has 2 saturated heterocycles. The third-order valence-corrected chi connectivity index (χ3v) is 2.26. The molecule has 2 nitrogen and oxygen atoms in total. The number of nitrogens with one attached hydrogen (secondary N) is 1. The highest BCUT2D eigenvalue weighted by molar-refractivity contribution is 4.91. The fourth-order valence-electron chi connectivity index (χ4n) is 1.47. The first-order valence-corrected chi connectivity index (χ1v) is 3.73. The van der Waals surface area contributed by atoms with E-state index in [9.17, 15) is 0 Å². The van der Waals surface area contributed by atoms with E-state index in [1.54, 1.807) is 0 Å². The van der Waals surface area contributed by atoms with E-state index in [-0.39, 0.29) is 0 Å². The van der Waals surface area contributed by atoms with Crippen molar-refractivity contribution in [3.8, 4) is 0 Å². The Morgan fingerprint density at radius 3 is 2.78 bits per heavy atom. The highest BCUT2D eigenvalue weighted by Crippen LogP contribution is 2.12. The van der Waals surface area contributed by atoms with Crippen LogP contribution in [0.3, 0.4) is 0 Å². The molecule has 0 amide bonds. The smallest absolute Gasteiger partial charge is 0.0345 e. The van der Waals surface area contributed by atoms with E-state index in [0.717, 1.165) is 6.04 Å². The summed E-state index contributed by atoms with van der Waals surface area (Å²) in [6.45, 7) is 4.96. The number of hydrogen-bond donors (Lipinski definition) is 1. The monoisotopic (exact) mass is 125 g/mol. The van der Waals surface area contributed by atoms with Gasteiger partial charge in [0.15, 0.2) is 0 Å². The van der Waals surface area contributed by atoms with Gasteiger partial charge in [-0.3, -0.25) is 4.90 Å². The van der Waals surface area contributed by atoms with E-state index in [4.69, 9.17) is 0 Å². The molecule has 2 heteroatoms. The van der Waals surface area contributed by atoms with Crippen molar-refractivity contribution in [2.24, 2.45) is 0 Å². The van der Waals surface area contributed by atoms with Gasteiger partial charge < -0.3 is 5.32 Å². The number of hydrogen-bond acceptors (Lipinski definition) is 2. The summed E-state index contributed by atoms with van der Waals surface area (Å²) >= 11 is 0. The molecule has 0 bridgehead atoms.